The number of rotatable bonds is 5. The SMILES string of the molecule is CCc1ccc(COc2ccc(C3=CCNCC3)cc2)s1. The molecule has 1 aromatic heterocycles. The Morgan fingerprint density at radius 2 is 1.90 bits per heavy atom. The molecule has 2 heterocycles. The van der Waals surface area contributed by atoms with E-state index in [2.05, 4.69) is 54.7 Å². The fourth-order valence-corrected chi connectivity index (χ4v) is 3.37. The molecule has 1 aliphatic heterocycles. The van der Waals surface area contributed by atoms with Gasteiger partial charge < -0.3 is 10.1 Å². The number of hydrogen-bond acceptors (Lipinski definition) is 3. The van der Waals surface area contributed by atoms with Crippen LogP contribution in [-0.2, 0) is 13.0 Å². The van der Waals surface area contributed by atoms with Crippen LogP contribution in [0.15, 0.2) is 42.5 Å². The molecule has 1 aromatic carbocycles. The zero-order valence-electron chi connectivity index (χ0n) is 12.4. The number of ether oxygens (including phenoxy) is 1. The van der Waals surface area contributed by atoms with Crippen LogP contribution in [0, 0.1) is 0 Å². The van der Waals surface area contributed by atoms with E-state index in [0.717, 1.165) is 31.7 Å². The van der Waals surface area contributed by atoms with Gasteiger partial charge in [0, 0.05) is 16.3 Å². The van der Waals surface area contributed by atoms with Crippen molar-refractivity contribution in [1.29, 1.82) is 0 Å². The van der Waals surface area contributed by atoms with E-state index in [-0.39, 0.29) is 0 Å². The van der Waals surface area contributed by atoms with Crippen molar-refractivity contribution in [3.8, 4) is 5.75 Å². The topological polar surface area (TPSA) is 21.3 Å². The summed E-state index contributed by atoms with van der Waals surface area (Å²) in [5.74, 6) is 0.944. The Morgan fingerprint density at radius 3 is 2.57 bits per heavy atom. The van der Waals surface area contributed by atoms with Crippen molar-refractivity contribution in [1.82, 2.24) is 5.32 Å². The molecule has 3 rings (SSSR count). The van der Waals surface area contributed by atoms with Crippen LogP contribution in [0.4, 0.5) is 0 Å². The number of thiophene rings is 1. The van der Waals surface area contributed by atoms with E-state index in [1.165, 1.54) is 20.9 Å². The Labute approximate surface area is 130 Å². The summed E-state index contributed by atoms with van der Waals surface area (Å²) in [6, 6.07) is 12.8. The third-order valence-electron chi connectivity index (χ3n) is 3.74. The Bertz CT molecular complexity index is 612. The van der Waals surface area contributed by atoms with Crippen molar-refractivity contribution in [3.05, 3.63) is 57.8 Å². The van der Waals surface area contributed by atoms with Crippen molar-refractivity contribution < 1.29 is 4.74 Å². The first-order valence-electron chi connectivity index (χ1n) is 7.55. The molecule has 0 atom stereocenters. The number of nitrogens with one attached hydrogen (secondary N) is 1. The molecule has 2 nitrogen and oxygen atoms in total. The summed E-state index contributed by atoms with van der Waals surface area (Å²) in [6.07, 6.45) is 4.48. The van der Waals surface area contributed by atoms with Gasteiger partial charge in [0.15, 0.2) is 0 Å². The minimum Gasteiger partial charge on any atom is -0.488 e. The summed E-state index contributed by atoms with van der Waals surface area (Å²) in [5, 5.41) is 3.34. The van der Waals surface area contributed by atoms with Crippen molar-refractivity contribution in [2.75, 3.05) is 13.1 Å². The number of hydrogen-bond donors (Lipinski definition) is 1. The second-order valence-electron chi connectivity index (χ2n) is 5.22. The Hall–Kier alpha value is -1.58. The molecule has 0 bridgehead atoms. The molecule has 1 aliphatic rings. The first-order chi connectivity index (χ1) is 10.3. The summed E-state index contributed by atoms with van der Waals surface area (Å²) in [6.45, 7) is 4.90. The van der Waals surface area contributed by atoms with E-state index in [4.69, 9.17) is 4.74 Å². The van der Waals surface area contributed by atoms with E-state index in [0.29, 0.717) is 6.61 Å². The zero-order chi connectivity index (χ0) is 14.5. The predicted octanol–water partition coefficient (Wildman–Crippen LogP) is 4.27. The Balaban J connectivity index is 1.60. The van der Waals surface area contributed by atoms with Gasteiger partial charge in [0.25, 0.3) is 0 Å². The lowest BCUT2D eigenvalue weighted by Gasteiger charge is -2.14. The first-order valence-corrected chi connectivity index (χ1v) is 8.37. The maximum absolute atomic E-state index is 5.87. The van der Waals surface area contributed by atoms with Gasteiger partial charge in [0.1, 0.15) is 12.4 Å². The van der Waals surface area contributed by atoms with E-state index in [1.54, 1.807) is 0 Å². The minimum atomic E-state index is 0.663. The minimum absolute atomic E-state index is 0.663. The highest BCUT2D eigenvalue weighted by Gasteiger charge is 2.06. The van der Waals surface area contributed by atoms with Crippen molar-refractivity contribution in [3.63, 3.8) is 0 Å². The third kappa shape index (κ3) is 3.74. The zero-order valence-corrected chi connectivity index (χ0v) is 13.2. The molecule has 0 fully saturated rings. The summed E-state index contributed by atoms with van der Waals surface area (Å²) >= 11 is 1.84. The molecule has 0 spiro atoms. The summed E-state index contributed by atoms with van der Waals surface area (Å²) in [5.41, 5.74) is 2.75. The van der Waals surface area contributed by atoms with Crippen LogP contribution >= 0.6 is 11.3 Å². The standard InChI is InChI=1S/C18H21NOS/c1-2-17-7-8-18(21-17)13-20-16-5-3-14(4-6-16)15-9-11-19-12-10-15/h3-9,19H,2,10-13H2,1H3. The van der Waals surface area contributed by atoms with E-state index < -0.39 is 0 Å². The third-order valence-corrected chi connectivity index (χ3v) is 4.94. The van der Waals surface area contributed by atoms with E-state index in [1.807, 2.05) is 11.3 Å². The van der Waals surface area contributed by atoms with Crippen LogP contribution in [0.5, 0.6) is 5.75 Å². The molecule has 0 saturated heterocycles. The highest BCUT2D eigenvalue weighted by Crippen LogP contribution is 2.24. The van der Waals surface area contributed by atoms with Crippen LogP contribution < -0.4 is 10.1 Å². The monoisotopic (exact) mass is 299 g/mol. The molecule has 0 unspecified atom stereocenters. The first kappa shape index (κ1) is 14.4. The predicted molar refractivity (Wildman–Crippen MR) is 89.9 cm³/mol. The average Bonchev–Trinajstić information content (AvgIpc) is 3.02. The maximum atomic E-state index is 5.87. The molecule has 0 aliphatic carbocycles. The molecular formula is C18H21NOS. The van der Waals surface area contributed by atoms with Gasteiger partial charge in [-0.2, -0.15) is 0 Å². The summed E-state index contributed by atoms with van der Waals surface area (Å²) < 4.78 is 5.87. The highest BCUT2D eigenvalue weighted by atomic mass is 32.1. The molecule has 0 saturated carbocycles. The largest absolute Gasteiger partial charge is 0.488 e. The summed E-state index contributed by atoms with van der Waals surface area (Å²) in [4.78, 5) is 2.71. The smallest absolute Gasteiger partial charge is 0.122 e. The molecule has 0 radical (unpaired) electrons. The van der Waals surface area contributed by atoms with Gasteiger partial charge in [0.2, 0.25) is 0 Å². The highest BCUT2D eigenvalue weighted by molar-refractivity contribution is 7.11. The summed E-state index contributed by atoms with van der Waals surface area (Å²) in [7, 11) is 0. The number of benzene rings is 1. The van der Waals surface area contributed by atoms with E-state index in [9.17, 15) is 0 Å². The normalized spacial score (nSPS) is 14.8. The molecule has 0 amide bonds. The van der Waals surface area contributed by atoms with Crippen LogP contribution in [-0.4, -0.2) is 13.1 Å². The number of aryl methyl sites for hydroxylation is 1. The van der Waals surface area contributed by atoms with Crippen LogP contribution in [0.2, 0.25) is 0 Å². The van der Waals surface area contributed by atoms with Gasteiger partial charge in [-0.05, 0) is 54.8 Å². The maximum Gasteiger partial charge on any atom is 0.122 e. The van der Waals surface area contributed by atoms with Crippen LogP contribution in [0.25, 0.3) is 5.57 Å². The lowest BCUT2D eigenvalue weighted by atomic mass is 10.0. The van der Waals surface area contributed by atoms with Crippen molar-refractivity contribution >= 4 is 16.9 Å². The Kier molecular flexibility index (Phi) is 4.73. The lowest BCUT2D eigenvalue weighted by molar-refractivity contribution is 0.310. The van der Waals surface area contributed by atoms with Gasteiger partial charge in [-0.3, -0.25) is 0 Å². The van der Waals surface area contributed by atoms with Gasteiger partial charge in [-0.25, -0.2) is 0 Å². The van der Waals surface area contributed by atoms with Gasteiger partial charge >= 0.3 is 0 Å². The van der Waals surface area contributed by atoms with Crippen LogP contribution in [0.1, 0.15) is 28.7 Å². The second-order valence-corrected chi connectivity index (χ2v) is 6.47. The molecule has 1 N–H and O–H groups in total. The van der Waals surface area contributed by atoms with Crippen molar-refractivity contribution in [2.24, 2.45) is 0 Å². The average molecular weight is 299 g/mol. The fraction of sp³-hybridized carbons (Fsp3) is 0.333. The van der Waals surface area contributed by atoms with Crippen LogP contribution in [0.3, 0.4) is 0 Å². The van der Waals surface area contributed by atoms with Gasteiger partial charge in [0.05, 0.1) is 0 Å². The molecule has 110 valence electrons. The molecular weight excluding hydrogens is 278 g/mol. The van der Waals surface area contributed by atoms with Crippen molar-refractivity contribution in [2.45, 2.75) is 26.4 Å². The van der Waals surface area contributed by atoms with E-state index >= 15 is 0 Å². The molecule has 3 heteroatoms. The van der Waals surface area contributed by atoms with Gasteiger partial charge in [-0.1, -0.05) is 25.1 Å². The fourth-order valence-electron chi connectivity index (χ4n) is 2.49. The lowest BCUT2D eigenvalue weighted by Crippen LogP contribution is -2.19. The second kappa shape index (κ2) is 6.92. The van der Waals surface area contributed by atoms with Gasteiger partial charge in [-0.15, -0.1) is 11.3 Å². The molecule has 2 aromatic rings. The quantitative estimate of drug-likeness (QED) is 0.890. The Morgan fingerprint density at radius 1 is 1.10 bits per heavy atom. The molecule has 21 heavy (non-hydrogen) atoms.